The SMILES string of the molecule is N#CCC1CNC2(C3CCCCCCCC3)CCC(c3ccc(C(=O)N4CCN(C(=O)C5(O)CC5)CC4)cc3)CC12. The number of carbonyl (C=O) groups excluding carboxylic acids is 2. The minimum atomic E-state index is -1.14. The summed E-state index contributed by atoms with van der Waals surface area (Å²) in [6.07, 6.45) is 16.1. The summed E-state index contributed by atoms with van der Waals surface area (Å²) in [5, 5.41) is 23.8. The van der Waals surface area contributed by atoms with Crippen molar-refractivity contribution in [1.82, 2.24) is 15.1 Å². The van der Waals surface area contributed by atoms with Gasteiger partial charge in [0, 0.05) is 43.7 Å². The van der Waals surface area contributed by atoms with Crippen LogP contribution in [0.1, 0.15) is 112 Å². The molecular formula is C34H48N4O3. The molecule has 0 spiro atoms. The Balaban J connectivity index is 1.10. The summed E-state index contributed by atoms with van der Waals surface area (Å²) in [7, 11) is 0. The van der Waals surface area contributed by atoms with E-state index in [1.807, 2.05) is 17.0 Å². The van der Waals surface area contributed by atoms with Crippen molar-refractivity contribution in [2.75, 3.05) is 32.7 Å². The van der Waals surface area contributed by atoms with Crippen molar-refractivity contribution in [2.24, 2.45) is 17.8 Å². The number of nitrogens with one attached hydrogen (secondary N) is 1. The van der Waals surface area contributed by atoms with Gasteiger partial charge >= 0.3 is 0 Å². The molecule has 4 atom stereocenters. The zero-order valence-corrected chi connectivity index (χ0v) is 24.7. The largest absolute Gasteiger partial charge is 0.380 e. The molecule has 5 fully saturated rings. The summed E-state index contributed by atoms with van der Waals surface area (Å²) in [5.41, 5.74) is 1.07. The first-order chi connectivity index (χ1) is 19.9. The molecule has 2 saturated heterocycles. The maximum Gasteiger partial charge on any atom is 0.254 e. The Morgan fingerprint density at radius 2 is 1.54 bits per heavy atom. The number of hydrogen-bond acceptors (Lipinski definition) is 5. The third kappa shape index (κ3) is 5.79. The van der Waals surface area contributed by atoms with E-state index < -0.39 is 5.60 Å². The van der Waals surface area contributed by atoms with E-state index in [0.717, 1.165) is 25.3 Å². The highest BCUT2D eigenvalue weighted by atomic mass is 16.3. The van der Waals surface area contributed by atoms with Gasteiger partial charge in [-0.1, -0.05) is 50.7 Å². The Labute approximate surface area is 245 Å². The van der Waals surface area contributed by atoms with Gasteiger partial charge in [-0.25, -0.2) is 0 Å². The Kier molecular flexibility index (Phi) is 8.43. The second kappa shape index (κ2) is 12.1. The molecule has 4 unspecified atom stereocenters. The van der Waals surface area contributed by atoms with Gasteiger partial charge in [-0.3, -0.25) is 9.59 Å². The van der Waals surface area contributed by atoms with Gasteiger partial charge in [-0.2, -0.15) is 5.26 Å². The van der Waals surface area contributed by atoms with Gasteiger partial charge in [-0.05, 0) is 92.9 Å². The number of piperazine rings is 1. The predicted octanol–water partition coefficient (Wildman–Crippen LogP) is 5.00. The minimum Gasteiger partial charge on any atom is -0.380 e. The molecule has 7 nitrogen and oxygen atoms in total. The number of hydrogen-bond donors (Lipinski definition) is 2. The second-order valence-corrected chi connectivity index (χ2v) is 13.8. The minimum absolute atomic E-state index is 0.0192. The summed E-state index contributed by atoms with van der Waals surface area (Å²) >= 11 is 0. The normalized spacial score (nSPS) is 32.2. The van der Waals surface area contributed by atoms with Crippen molar-refractivity contribution in [3.05, 3.63) is 35.4 Å². The Morgan fingerprint density at radius 3 is 2.17 bits per heavy atom. The second-order valence-electron chi connectivity index (χ2n) is 13.8. The topological polar surface area (TPSA) is 96.7 Å². The monoisotopic (exact) mass is 560 g/mol. The van der Waals surface area contributed by atoms with Crippen molar-refractivity contribution in [2.45, 2.75) is 107 Å². The fourth-order valence-corrected chi connectivity index (χ4v) is 8.78. The summed E-state index contributed by atoms with van der Waals surface area (Å²) in [6.45, 7) is 2.95. The van der Waals surface area contributed by atoms with Crippen molar-refractivity contribution in [3.63, 3.8) is 0 Å². The fourth-order valence-electron chi connectivity index (χ4n) is 8.78. The van der Waals surface area contributed by atoms with Gasteiger partial charge in [-0.15, -0.1) is 0 Å². The van der Waals surface area contributed by atoms with Crippen LogP contribution >= 0.6 is 0 Å². The molecule has 0 bridgehead atoms. The number of fused-ring (bicyclic) bond motifs is 1. The van der Waals surface area contributed by atoms with E-state index in [4.69, 9.17) is 0 Å². The number of amides is 2. The standard InChI is InChI=1S/C34H48N4O3/c35-18-14-28-24-36-34(29-7-5-3-1-2-4-6-8-29)15-13-27(23-30(28)34)25-9-11-26(12-10-25)31(39)37-19-21-38(22-20-37)32(40)33(41)16-17-33/h9-12,27-30,36,41H,1-8,13-17,19-24H2. The molecule has 222 valence electrons. The first kappa shape index (κ1) is 28.7. The lowest BCUT2D eigenvalue weighted by molar-refractivity contribution is -0.143. The highest BCUT2D eigenvalue weighted by Crippen LogP contribution is 2.54. The van der Waals surface area contributed by atoms with Crippen molar-refractivity contribution in [3.8, 4) is 6.07 Å². The molecule has 1 aromatic carbocycles. The summed E-state index contributed by atoms with van der Waals surface area (Å²) in [4.78, 5) is 29.3. The lowest BCUT2D eigenvalue weighted by atomic mass is 9.59. The average molecular weight is 561 g/mol. The molecule has 0 radical (unpaired) electrons. The van der Waals surface area contributed by atoms with Crippen LogP contribution in [0.2, 0.25) is 0 Å². The lowest BCUT2D eigenvalue weighted by Crippen LogP contribution is -2.54. The first-order valence-electron chi connectivity index (χ1n) is 16.5. The first-order valence-corrected chi connectivity index (χ1v) is 16.5. The third-order valence-corrected chi connectivity index (χ3v) is 11.4. The number of aliphatic hydroxyl groups is 1. The van der Waals surface area contributed by atoms with E-state index in [2.05, 4.69) is 23.5 Å². The summed E-state index contributed by atoms with van der Waals surface area (Å²) in [6, 6.07) is 10.8. The van der Waals surface area contributed by atoms with Crippen LogP contribution in [0.5, 0.6) is 0 Å². The third-order valence-electron chi connectivity index (χ3n) is 11.4. The average Bonchev–Trinajstić information content (AvgIpc) is 3.61. The number of carbonyl (C=O) groups is 2. The maximum absolute atomic E-state index is 13.3. The molecule has 6 rings (SSSR count). The molecule has 2 aliphatic heterocycles. The van der Waals surface area contributed by atoms with Crippen LogP contribution in [0, 0.1) is 29.1 Å². The van der Waals surface area contributed by atoms with E-state index in [0.29, 0.717) is 68.8 Å². The molecule has 3 aliphatic carbocycles. The smallest absolute Gasteiger partial charge is 0.254 e. The van der Waals surface area contributed by atoms with E-state index >= 15 is 0 Å². The van der Waals surface area contributed by atoms with Gasteiger partial charge < -0.3 is 20.2 Å². The molecule has 2 amide bonds. The Bertz CT molecular complexity index is 1120. The van der Waals surface area contributed by atoms with Crippen molar-refractivity contribution in [1.29, 1.82) is 5.26 Å². The Morgan fingerprint density at radius 1 is 0.902 bits per heavy atom. The Hall–Kier alpha value is -2.43. The number of rotatable bonds is 5. The number of benzene rings is 1. The zero-order valence-electron chi connectivity index (χ0n) is 24.7. The molecule has 2 heterocycles. The lowest BCUT2D eigenvalue weighted by Gasteiger charge is -2.49. The molecule has 5 aliphatic rings. The van der Waals surface area contributed by atoms with Gasteiger partial charge in [0.15, 0.2) is 0 Å². The van der Waals surface area contributed by atoms with Crippen LogP contribution in [0.15, 0.2) is 24.3 Å². The highest BCUT2D eigenvalue weighted by molar-refractivity contribution is 5.94. The van der Waals surface area contributed by atoms with E-state index in [1.165, 1.54) is 63.4 Å². The van der Waals surface area contributed by atoms with Crippen molar-refractivity contribution >= 4 is 11.8 Å². The zero-order chi connectivity index (χ0) is 28.5. The molecule has 0 aromatic heterocycles. The van der Waals surface area contributed by atoms with Gasteiger partial charge in [0.25, 0.3) is 11.8 Å². The molecule has 41 heavy (non-hydrogen) atoms. The van der Waals surface area contributed by atoms with Crippen LogP contribution in [0.3, 0.4) is 0 Å². The van der Waals surface area contributed by atoms with Gasteiger partial charge in [0.2, 0.25) is 0 Å². The number of nitrogens with zero attached hydrogens (tertiary/aromatic N) is 3. The molecule has 1 aromatic rings. The molecular weight excluding hydrogens is 512 g/mol. The maximum atomic E-state index is 13.3. The summed E-state index contributed by atoms with van der Waals surface area (Å²) < 4.78 is 0. The fraction of sp³-hybridized carbons (Fsp3) is 0.735. The highest BCUT2D eigenvalue weighted by Gasteiger charge is 2.54. The van der Waals surface area contributed by atoms with Crippen LogP contribution < -0.4 is 5.32 Å². The van der Waals surface area contributed by atoms with Crippen LogP contribution in [-0.4, -0.2) is 70.6 Å². The van der Waals surface area contributed by atoms with Crippen molar-refractivity contribution < 1.29 is 14.7 Å². The van der Waals surface area contributed by atoms with E-state index in [1.54, 1.807) is 4.90 Å². The van der Waals surface area contributed by atoms with Crippen LogP contribution in [0.4, 0.5) is 0 Å². The number of nitriles is 1. The van der Waals surface area contributed by atoms with E-state index in [9.17, 15) is 20.0 Å². The van der Waals surface area contributed by atoms with Crippen LogP contribution in [0.25, 0.3) is 0 Å². The molecule has 3 saturated carbocycles. The quantitative estimate of drug-likeness (QED) is 0.528. The predicted molar refractivity (Wildman–Crippen MR) is 158 cm³/mol. The van der Waals surface area contributed by atoms with Crippen LogP contribution in [-0.2, 0) is 4.79 Å². The molecule has 2 N–H and O–H groups in total. The summed E-state index contributed by atoms with van der Waals surface area (Å²) in [5.74, 6) is 2.01. The van der Waals surface area contributed by atoms with Gasteiger partial charge in [0.05, 0.1) is 6.07 Å². The molecule has 7 heteroatoms. The van der Waals surface area contributed by atoms with E-state index in [-0.39, 0.29) is 17.4 Å². The van der Waals surface area contributed by atoms with Gasteiger partial charge in [0.1, 0.15) is 5.60 Å².